The van der Waals surface area contributed by atoms with Crippen molar-refractivity contribution in [1.29, 1.82) is 0 Å². The molecule has 0 radical (unpaired) electrons. The van der Waals surface area contributed by atoms with E-state index in [1.807, 2.05) is 30.3 Å². The van der Waals surface area contributed by atoms with Gasteiger partial charge >= 0.3 is 6.03 Å². The van der Waals surface area contributed by atoms with Crippen molar-refractivity contribution in [2.75, 3.05) is 0 Å². The van der Waals surface area contributed by atoms with Crippen molar-refractivity contribution in [3.8, 4) is 0 Å². The Labute approximate surface area is 151 Å². The summed E-state index contributed by atoms with van der Waals surface area (Å²) in [6, 6.07) is 14.0. The number of pyridine rings is 1. The van der Waals surface area contributed by atoms with Crippen LogP contribution in [0, 0.1) is 6.92 Å². The van der Waals surface area contributed by atoms with E-state index in [4.69, 9.17) is 0 Å². The Bertz CT molecular complexity index is 853. The fraction of sp³-hybridized carbons (Fsp3) is 0.263. The Hall–Kier alpha value is -3.22. The third kappa shape index (κ3) is 3.56. The van der Waals surface area contributed by atoms with Gasteiger partial charge in [-0.1, -0.05) is 36.4 Å². The summed E-state index contributed by atoms with van der Waals surface area (Å²) in [7, 11) is 0. The van der Waals surface area contributed by atoms with Gasteiger partial charge in [-0.2, -0.15) is 5.01 Å². The SMILES string of the molecule is Cc1cccc(C(=O)NN2C(=O)NC(C)(CCc3ccccc3)C2=O)n1. The van der Waals surface area contributed by atoms with E-state index in [1.54, 1.807) is 26.0 Å². The Morgan fingerprint density at radius 1 is 1.15 bits per heavy atom. The molecule has 4 amide bonds. The van der Waals surface area contributed by atoms with Crippen molar-refractivity contribution >= 4 is 17.8 Å². The number of nitrogens with one attached hydrogen (secondary N) is 2. The van der Waals surface area contributed by atoms with Crippen LogP contribution in [0.15, 0.2) is 48.5 Å². The van der Waals surface area contributed by atoms with Gasteiger partial charge in [0.25, 0.3) is 11.8 Å². The molecular weight excluding hydrogens is 332 g/mol. The number of amides is 4. The van der Waals surface area contributed by atoms with Gasteiger partial charge in [0.2, 0.25) is 0 Å². The van der Waals surface area contributed by atoms with Crippen LogP contribution >= 0.6 is 0 Å². The fourth-order valence-corrected chi connectivity index (χ4v) is 2.82. The van der Waals surface area contributed by atoms with Gasteiger partial charge in [-0.25, -0.2) is 9.78 Å². The Morgan fingerprint density at radius 3 is 2.58 bits per heavy atom. The van der Waals surface area contributed by atoms with E-state index in [-0.39, 0.29) is 5.69 Å². The molecule has 1 unspecified atom stereocenters. The lowest BCUT2D eigenvalue weighted by Gasteiger charge is -2.21. The van der Waals surface area contributed by atoms with Crippen LogP contribution < -0.4 is 10.7 Å². The Morgan fingerprint density at radius 2 is 1.88 bits per heavy atom. The van der Waals surface area contributed by atoms with Crippen molar-refractivity contribution in [1.82, 2.24) is 20.7 Å². The summed E-state index contributed by atoms with van der Waals surface area (Å²) < 4.78 is 0. The van der Waals surface area contributed by atoms with Gasteiger partial charge in [0.05, 0.1) is 0 Å². The lowest BCUT2D eigenvalue weighted by atomic mass is 9.93. The topological polar surface area (TPSA) is 91.4 Å². The van der Waals surface area contributed by atoms with E-state index in [0.29, 0.717) is 18.5 Å². The predicted octanol–water partition coefficient (Wildman–Crippen LogP) is 1.98. The number of hydrazine groups is 1. The summed E-state index contributed by atoms with van der Waals surface area (Å²) >= 11 is 0. The predicted molar refractivity (Wildman–Crippen MR) is 95.0 cm³/mol. The van der Waals surface area contributed by atoms with Crippen molar-refractivity contribution in [2.45, 2.75) is 32.2 Å². The maximum Gasteiger partial charge on any atom is 0.344 e. The Kier molecular flexibility index (Phi) is 4.71. The highest BCUT2D eigenvalue weighted by molar-refractivity contribution is 6.08. The second kappa shape index (κ2) is 6.95. The number of urea groups is 1. The number of hydrogen-bond acceptors (Lipinski definition) is 4. The molecule has 0 spiro atoms. The van der Waals surface area contributed by atoms with Crippen molar-refractivity contribution < 1.29 is 14.4 Å². The van der Waals surface area contributed by atoms with Gasteiger partial charge in [-0.05, 0) is 44.4 Å². The van der Waals surface area contributed by atoms with Crippen LogP contribution in [0.2, 0.25) is 0 Å². The van der Waals surface area contributed by atoms with Crippen LogP contribution in [-0.2, 0) is 11.2 Å². The number of benzene rings is 1. The van der Waals surface area contributed by atoms with E-state index in [1.165, 1.54) is 6.07 Å². The third-order valence-corrected chi connectivity index (χ3v) is 4.35. The van der Waals surface area contributed by atoms with E-state index in [9.17, 15) is 14.4 Å². The zero-order chi connectivity index (χ0) is 18.7. The summed E-state index contributed by atoms with van der Waals surface area (Å²) in [4.78, 5) is 41.3. The number of carbonyl (C=O) groups excluding carboxylic acids is 3. The van der Waals surface area contributed by atoms with Crippen LogP contribution in [0.5, 0.6) is 0 Å². The molecule has 1 aliphatic heterocycles. The molecule has 1 aromatic heterocycles. The van der Waals surface area contributed by atoms with Crippen LogP contribution in [-0.4, -0.2) is 33.4 Å². The molecule has 7 nitrogen and oxygen atoms in total. The lowest BCUT2D eigenvalue weighted by Crippen LogP contribution is -2.49. The van der Waals surface area contributed by atoms with Crippen LogP contribution in [0.25, 0.3) is 0 Å². The minimum atomic E-state index is -1.07. The second-order valence-corrected chi connectivity index (χ2v) is 6.49. The van der Waals surface area contributed by atoms with Crippen LogP contribution in [0.3, 0.4) is 0 Å². The normalized spacial score (nSPS) is 19.4. The molecule has 2 aromatic rings. The van der Waals surface area contributed by atoms with Gasteiger partial charge in [0.1, 0.15) is 11.2 Å². The van der Waals surface area contributed by atoms with Crippen LogP contribution in [0.4, 0.5) is 4.79 Å². The Balaban J connectivity index is 1.69. The number of aromatic nitrogens is 1. The molecule has 7 heteroatoms. The molecule has 2 N–H and O–H groups in total. The van der Waals surface area contributed by atoms with Gasteiger partial charge in [0, 0.05) is 5.69 Å². The number of hydrogen-bond donors (Lipinski definition) is 2. The molecule has 1 saturated heterocycles. The first kappa shape index (κ1) is 17.6. The van der Waals surface area contributed by atoms with E-state index in [2.05, 4.69) is 15.7 Å². The average molecular weight is 352 g/mol. The maximum atomic E-state index is 12.7. The van der Waals surface area contributed by atoms with E-state index >= 15 is 0 Å². The molecular formula is C19H20N4O3. The molecule has 1 aromatic carbocycles. The van der Waals surface area contributed by atoms with Crippen molar-refractivity contribution in [2.24, 2.45) is 0 Å². The summed E-state index contributed by atoms with van der Waals surface area (Å²) in [6.07, 6.45) is 1.06. The number of nitrogens with zero attached hydrogens (tertiary/aromatic N) is 2. The van der Waals surface area contributed by atoms with Crippen LogP contribution in [0.1, 0.15) is 35.1 Å². The monoisotopic (exact) mass is 352 g/mol. The minimum absolute atomic E-state index is 0.142. The first-order valence-electron chi connectivity index (χ1n) is 8.34. The number of imide groups is 1. The fourth-order valence-electron chi connectivity index (χ4n) is 2.82. The van der Waals surface area contributed by atoms with Gasteiger partial charge in [-0.15, -0.1) is 0 Å². The summed E-state index contributed by atoms with van der Waals surface area (Å²) in [5, 5.41) is 3.40. The molecule has 1 aliphatic rings. The number of rotatable bonds is 5. The molecule has 0 bridgehead atoms. The van der Waals surface area contributed by atoms with Gasteiger partial charge in [0.15, 0.2) is 0 Å². The molecule has 2 heterocycles. The highest BCUT2D eigenvalue weighted by atomic mass is 16.2. The lowest BCUT2D eigenvalue weighted by molar-refractivity contribution is -0.132. The number of carbonyl (C=O) groups is 3. The minimum Gasteiger partial charge on any atom is -0.322 e. The van der Waals surface area contributed by atoms with Gasteiger partial charge < -0.3 is 5.32 Å². The zero-order valence-electron chi connectivity index (χ0n) is 14.7. The third-order valence-electron chi connectivity index (χ3n) is 4.35. The molecule has 0 aliphatic carbocycles. The maximum absolute atomic E-state index is 12.7. The molecule has 134 valence electrons. The first-order valence-corrected chi connectivity index (χ1v) is 8.34. The van der Waals surface area contributed by atoms with Crippen molar-refractivity contribution in [3.63, 3.8) is 0 Å². The average Bonchev–Trinajstić information content (AvgIpc) is 2.84. The summed E-state index contributed by atoms with van der Waals surface area (Å²) in [6.45, 7) is 3.42. The van der Waals surface area contributed by atoms with E-state index < -0.39 is 23.4 Å². The molecule has 26 heavy (non-hydrogen) atoms. The standard InChI is InChI=1S/C19H20N4O3/c1-13-7-6-10-15(20-13)16(24)22-23-17(25)19(2,21-18(23)26)12-11-14-8-4-3-5-9-14/h3-10H,11-12H2,1-2H3,(H,21,26)(H,22,24). The van der Waals surface area contributed by atoms with E-state index in [0.717, 1.165) is 10.6 Å². The summed E-state index contributed by atoms with van der Waals surface area (Å²) in [5.41, 5.74) is 3.16. The molecule has 3 rings (SSSR count). The van der Waals surface area contributed by atoms with Gasteiger partial charge in [-0.3, -0.25) is 15.0 Å². The number of aryl methyl sites for hydroxylation is 2. The summed E-state index contributed by atoms with van der Waals surface area (Å²) in [5.74, 6) is -1.09. The molecule has 1 atom stereocenters. The zero-order valence-corrected chi connectivity index (χ0v) is 14.7. The first-order chi connectivity index (χ1) is 12.4. The molecule has 0 saturated carbocycles. The smallest absolute Gasteiger partial charge is 0.322 e. The largest absolute Gasteiger partial charge is 0.344 e. The quantitative estimate of drug-likeness (QED) is 0.805. The highest BCUT2D eigenvalue weighted by Gasteiger charge is 2.48. The second-order valence-electron chi connectivity index (χ2n) is 6.49. The highest BCUT2D eigenvalue weighted by Crippen LogP contribution is 2.22. The van der Waals surface area contributed by atoms with Crippen molar-refractivity contribution in [3.05, 3.63) is 65.5 Å². The molecule has 1 fully saturated rings.